The van der Waals surface area contributed by atoms with Crippen LogP contribution in [-0.2, 0) is 6.54 Å². The summed E-state index contributed by atoms with van der Waals surface area (Å²) < 4.78 is 5.08. The number of hydrogen-bond acceptors (Lipinski definition) is 5. The number of ether oxygens (including phenoxy) is 1. The van der Waals surface area contributed by atoms with Crippen molar-refractivity contribution in [2.75, 3.05) is 7.11 Å². The summed E-state index contributed by atoms with van der Waals surface area (Å²) in [6, 6.07) is 16.5. The zero-order valence-corrected chi connectivity index (χ0v) is 14.0. The monoisotopic (exact) mass is 351 g/mol. The summed E-state index contributed by atoms with van der Waals surface area (Å²) in [5.74, 6) is 0.159. The van der Waals surface area contributed by atoms with Crippen molar-refractivity contribution in [3.8, 4) is 5.75 Å². The number of rotatable bonds is 6. The molecule has 0 spiro atoms. The first-order valence-corrected chi connectivity index (χ1v) is 7.85. The first-order chi connectivity index (χ1) is 12.7. The second-order valence-electron chi connectivity index (χ2n) is 5.36. The standard InChI is InChI=1S/C18H17N5O3/c1-26-15-9-7-14(8-10-15)12-20-23-18(25)16(21-22-23)17(24)19-11-13-5-3-2-4-6-13/h2-10,12,22H,11H2,1H3,(H,19,24). The van der Waals surface area contributed by atoms with Gasteiger partial charge >= 0.3 is 5.56 Å². The van der Waals surface area contributed by atoms with E-state index in [1.807, 2.05) is 30.3 Å². The molecular formula is C18H17N5O3. The van der Waals surface area contributed by atoms with Crippen LogP contribution in [0.5, 0.6) is 5.75 Å². The smallest absolute Gasteiger partial charge is 0.320 e. The molecule has 8 nitrogen and oxygen atoms in total. The van der Waals surface area contributed by atoms with Crippen LogP contribution in [0.2, 0.25) is 0 Å². The summed E-state index contributed by atoms with van der Waals surface area (Å²) in [5.41, 5.74) is 0.824. The highest BCUT2D eigenvalue weighted by atomic mass is 16.5. The summed E-state index contributed by atoms with van der Waals surface area (Å²) in [4.78, 5) is 25.2. The average Bonchev–Trinajstić information content (AvgIpc) is 3.06. The quantitative estimate of drug-likeness (QED) is 0.655. The van der Waals surface area contributed by atoms with Gasteiger partial charge in [0, 0.05) is 6.54 Å². The van der Waals surface area contributed by atoms with Crippen LogP contribution in [0, 0.1) is 0 Å². The third kappa shape index (κ3) is 4.04. The fourth-order valence-electron chi connectivity index (χ4n) is 2.19. The van der Waals surface area contributed by atoms with E-state index in [-0.39, 0.29) is 5.69 Å². The minimum absolute atomic E-state index is 0.243. The number of H-pyrrole nitrogens is 1. The summed E-state index contributed by atoms with van der Waals surface area (Å²) in [7, 11) is 1.58. The van der Waals surface area contributed by atoms with E-state index >= 15 is 0 Å². The van der Waals surface area contributed by atoms with Gasteiger partial charge in [-0.05, 0) is 35.4 Å². The molecule has 2 N–H and O–H groups in total. The Morgan fingerprint density at radius 2 is 1.96 bits per heavy atom. The van der Waals surface area contributed by atoms with Crippen LogP contribution in [0.25, 0.3) is 0 Å². The number of aromatic nitrogens is 3. The number of amides is 1. The van der Waals surface area contributed by atoms with Gasteiger partial charge in [0.2, 0.25) is 5.69 Å². The summed E-state index contributed by atoms with van der Waals surface area (Å²) in [5, 5.41) is 12.8. The second kappa shape index (κ2) is 7.93. The van der Waals surface area contributed by atoms with Crippen molar-refractivity contribution in [3.05, 3.63) is 81.8 Å². The highest BCUT2D eigenvalue weighted by molar-refractivity contribution is 5.91. The van der Waals surface area contributed by atoms with E-state index in [0.29, 0.717) is 6.54 Å². The highest BCUT2D eigenvalue weighted by Crippen LogP contribution is 2.09. The molecule has 132 valence electrons. The molecule has 0 fully saturated rings. The highest BCUT2D eigenvalue weighted by Gasteiger charge is 2.16. The molecule has 26 heavy (non-hydrogen) atoms. The lowest BCUT2D eigenvalue weighted by Gasteiger charge is -2.01. The van der Waals surface area contributed by atoms with Crippen molar-refractivity contribution >= 4 is 12.1 Å². The predicted octanol–water partition coefficient (Wildman–Crippen LogP) is 1.39. The lowest BCUT2D eigenvalue weighted by molar-refractivity contribution is 0.0944. The first-order valence-electron chi connectivity index (χ1n) is 7.85. The fourth-order valence-corrected chi connectivity index (χ4v) is 2.19. The van der Waals surface area contributed by atoms with Crippen LogP contribution in [0.4, 0.5) is 0 Å². The molecule has 3 aromatic rings. The molecule has 1 aromatic heterocycles. The van der Waals surface area contributed by atoms with Gasteiger partial charge in [-0.15, -0.1) is 9.89 Å². The molecular weight excluding hydrogens is 334 g/mol. The fraction of sp³-hybridized carbons (Fsp3) is 0.111. The molecule has 0 saturated heterocycles. The van der Waals surface area contributed by atoms with E-state index in [9.17, 15) is 9.59 Å². The third-order valence-corrected chi connectivity index (χ3v) is 3.60. The molecule has 0 atom stereocenters. The van der Waals surface area contributed by atoms with Crippen LogP contribution < -0.4 is 15.6 Å². The number of nitrogens with zero attached hydrogens (tertiary/aromatic N) is 3. The molecule has 0 aliphatic carbocycles. The van der Waals surface area contributed by atoms with Crippen LogP contribution in [0.3, 0.4) is 0 Å². The number of benzene rings is 2. The van der Waals surface area contributed by atoms with Gasteiger partial charge in [-0.25, -0.2) is 0 Å². The van der Waals surface area contributed by atoms with Crippen molar-refractivity contribution in [1.82, 2.24) is 20.4 Å². The van der Waals surface area contributed by atoms with Gasteiger partial charge in [-0.3, -0.25) is 9.59 Å². The van der Waals surface area contributed by atoms with Gasteiger partial charge < -0.3 is 10.1 Å². The van der Waals surface area contributed by atoms with Gasteiger partial charge in [0.25, 0.3) is 5.91 Å². The van der Waals surface area contributed by atoms with E-state index in [2.05, 4.69) is 20.7 Å². The van der Waals surface area contributed by atoms with Crippen LogP contribution >= 0.6 is 0 Å². The topological polar surface area (TPSA) is 101 Å². The van der Waals surface area contributed by atoms with Gasteiger partial charge in [-0.2, -0.15) is 10.3 Å². The lowest BCUT2D eigenvalue weighted by atomic mass is 10.2. The van der Waals surface area contributed by atoms with Crippen molar-refractivity contribution < 1.29 is 9.53 Å². The number of carbonyl (C=O) groups is 1. The minimum atomic E-state index is -0.625. The molecule has 0 unspecified atom stereocenters. The van der Waals surface area contributed by atoms with Crippen LogP contribution in [0.1, 0.15) is 21.6 Å². The summed E-state index contributed by atoms with van der Waals surface area (Å²) in [6.07, 6.45) is 1.48. The van der Waals surface area contributed by atoms with Gasteiger partial charge in [0.05, 0.1) is 13.3 Å². The molecule has 0 aliphatic heterocycles. The zero-order chi connectivity index (χ0) is 18.4. The Morgan fingerprint density at radius 3 is 2.65 bits per heavy atom. The van der Waals surface area contributed by atoms with Crippen LogP contribution in [-0.4, -0.2) is 34.3 Å². The van der Waals surface area contributed by atoms with E-state index in [1.54, 1.807) is 31.4 Å². The van der Waals surface area contributed by atoms with E-state index in [0.717, 1.165) is 21.7 Å². The summed E-state index contributed by atoms with van der Waals surface area (Å²) in [6.45, 7) is 0.307. The molecule has 0 radical (unpaired) electrons. The number of nitrogens with one attached hydrogen (secondary N) is 2. The minimum Gasteiger partial charge on any atom is -0.497 e. The molecule has 0 saturated carbocycles. The third-order valence-electron chi connectivity index (χ3n) is 3.60. The van der Waals surface area contributed by atoms with Crippen molar-refractivity contribution in [3.63, 3.8) is 0 Å². The van der Waals surface area contributed by atoms with Gasteiger partial charge in [0.15, 0.2) is 0 Å². The molecule has 1 amide bonds. The maximum absolute atomic E-state index is 12.2. The number of methoxy groups -OCH3 is 1. The largest absolute Gasteiger partial charge is 0.497 e. The second-order valence-corrected chi connectivity index (χ2v) is 5.36. The Hall–Kier alpha value is -3.68. The Bertz CT molecular complexity index is 958. The maximum atomic E-state index is 12.2. The first kappa shape index (κ1) is 17.2. The van der Waals surface area contributed by atoms with Gasteiger partial charge in [-0.1, -0.05) is 30.3 Å². The lowest BCUT2D eigenvalue weighted by Crippen LogP contribution is -2.29. The Morgan fingerprint density at radius 1 is 1.23 bits per heavy atom. The van der Waals surface area contributed by atoms with E-state index < -0.39 is 11.5 Å². The molecule has 1 heterocycles. The molecule has 3 rings (SSSR count). The number of hydrogen-bond donors (Lipinski definition) is 2. The Kier molecular flexibility index (Phi) is 5.23. The van der Waals surface area contributed by atoms with Crippen LogP contribution in [0.15, 0.2) is 64.5 Å². The Balaban J connectivity index is 1.67. The number of carbonyl (C=O) groups excluding carboxylic acids is 1. The normalized spacial score (nSPS) is 10.8. The average molecular weight is 351 g/mol. The summed E-state index contributed by atoms with van der Waals surface area (Å²) >= 11 is 0. The van der Waals surface area contributed by atoms with Crippen molar-refractivity contribution in [2.24, 2.45) is 5.10 Å². The van der Waals surface area contributed by atoms with Crippen molar-refractivity contribution in [1.29, 1.82) is 0 Å². The van der Waals surface area contributed by atoms with E-state index in [4.69, 9.17) is 4.74 Å². The SMILES string of the molecule is COc1ccc(C=Nn2[nH]nc(C(=O)NCc3ccccc3)c2=O)cc1. The van der Waals surface area contributed by atoms with Gasteiger partial charge in [0.1, 0.15) is 5.75 Å². The molecule has 0 aliphatic rings. The zero-order valence-electron chi connectivity index (χ0n) is 14.0. The van der Waals surface area contributed by atoms with E-state index in [1.165, 1.54) is 6.21 Å². The molecule has 0 bridgehead atoms. The maximum Gasteiger partial charge on any atom is 0.320 e. The van der Waals surface area contributed by atoms with Crippen molar-refractivity contribution in [2.45, 2.75) is 6.54 Å². The predicted molar refractivity (Wildman–Crippen MR) is 96.4 cm³/mol. The molecule has 8 heteroatoms. The Labute approximate surface area is 149 Å². The molecule has 2 aromatic carbocycles. The number of aromatic amines is 1.